The zero-order valence-electron chi connectivity index (χ0n) is 9.97. The van der Waals surface area contributed by atoms with Gasteiger partial charge in [-0.3, -0.25) is 4.57 Å². The highest BCUT2D eigenvalue weighted by molar-refractivity contribution is 7.33. The number of hydrogen-bond acceptors (Lipinski definition) is 3. The largest absolute Gasteiger partial charge is 0.318 e. The molecule has 0 fully saturated rings. The smallest absolute Gasteiger partial charge is 0.314 e. The average molecular weight is 224 g/mol. The Morgan fingerprint density at radius 1 is 0.857 bits per heavy atom. The van der Waals surface area contributed by atoms with Crippen molar-refractivity contribution in [2.24, 2.45) is 0 Å². The van der Waals surface area contributed by atoms with Crippen LogP contribution in [-0.2, 0) is 13.6 Å². The molecule has 3 nitrogen and oxygen atoms in total. The zero-order valence-corrected chi connectivity index (χ0v) is 11.0. The molecule has 4 heteroatoms. The highest BCUT2D eigenvalue weighted by Crippen LogP contribution is 2.18. The van der Waals surface area contributed by atoms with Crippen LogP contribution in [0.4, 0.5) is 0 Å². The van der Waals surface area contributed by atoms with Gasteiger partial charge in [-0.15, -0.1) is 0 Å². The molecule has 0 saturated heterocycles. The third kappa shape index (κ3) is 18.0. The summed E-state index contributed by atoms with van der Waals surface area (Å²) in [5, 5.41) is 0. The van der Waals surface area contributed by atoms with Crippen LogP contribution < -0.4 is 0 Å². The minimum atomic E-state index is -2.12. The second-order valence-electron chi connectivity index (χ2n) is 3.07. The summed E-state index contributed by atoms with van der Waals surface area (Å²) in [4.78, 5) is 0. The molecule has 0 heterocycles. The van der Waals surface area contributed by atoms with Crippen LogP contribution in [0, 0.1) is 0 Å². The maximum Gasteiger partial charge on any atom is 0.318 e. The van der Waals surface area contributed by atoms with Gasteiger partial charge in [0.05, 0.1) is 0 Å². The highest BCUT2D eigenvalue weighted by Gasteiger charge is 1.83. The van der Waals surface area contributed by atoms with Gasteiger partial charge >= 0.3 is 8.25 Å². The van der Waals surface area contributed by atoms with Crippen LogP contribution in [-0.4, -0.2) is 14.2 Å². The predicted molar refractivity (Wildman–Crippen MR) is 62.1 cm³/mol. The van der Waals surface area contributed by atoms with Crippen LogP contribution in [0.5, 0.6) is 0 Å². The molecule has 0 atom stereocenters. The van der Waals surface area contributed by atoms with Crippen molar-refractivity contribution >= 4 is 8.25 Å². The maximum absolute atomic E-state index is 9.92. The molecule has 0 radical (unpaired) electrons. The number of hydrogen-bond donors (Lipinski definition) is 0. The fraction of sp³-hybridized carbons (Fsp3) is 1.00. The van der Waals surface area contributed by atoms with Crippen molar-refractivity contribution < 1.29 is 13.6 Å². The van der Waals surface area contributed by atoms with E-state index in [9.17, 15) is 4.57 Å². The van der Waals surface area contributed by atoms with Gasteiger partial charge in [-0.25, -0.2) is 0 Å². The Kier molecular flexibility index (Phi) is 18.5. The van der Waals surface area contributed by atoms with Crippen molar-refractivity contribution in [3.8, 4) is 0 Å². The van der Waals surface area contributed by atoms with Crippen molar-refractivity contribution in [1.29, 1.82) is 0 Å². The molecule has 0 aromatic rings. The van der Waals surface area contributed by atoms with Crippen molar-refractivity contribution in [3.63, 3.8) is 0 Å². The Morgan fingerprint density at radius 2 is 1.21 bits per heavy atom. The van der Waals surface area contributed by atoms with Crippen LogP contribution >= 0.6 is 8.25 Å². The first-order valence-corrected chi connectivity index (χ1v) is 6.57. The fourth-order valence-corrected chi connectivity index (χ4v) is 1.10. The van der Waals surface area contributed by atoms with E-state index in [0.717, 1.165) is 0 Å². The number of rotatable bonds is 7. The molecule has 0 rings (SSSR count). The Labute approximate surface area is 89.1 Å². The molecule has 0 bridgehead atoms. The average Bonchev–Trinajstić information content (AvgIpc) is 2.24. The zero-order chi connectivity index (χ0) is 11.2. The van der Waals surface area contributed by atoms with E-state index < -0.39 is 8.25 Å². The Morgan fingerprint density at radius 3 is 1.36 bits per heavy atom. The van der Waals surface area contributed by atoms with E-state index in [4.69, 9.17) is 0 Å². The van der Waals surface area contributed by atoms with Gasteiger partial charge in [0.25, 0.3) is 0 Å². The lowest BCUT2D eigenvalue weighted by Crippen LogP contribution is -1.73. The lowest BCUT2D eigenvalue weighted by Gasteiger charge is -1.93. The van der Waals surface area contributed by atoms with Crippen molar-refractivity contribution in [1.82, 2.24) is 0 Å². The summed E-state index contributed by atoms with van der Waals surface area (Å²) in [6, 6.07) is 0. The maximum atomic E-state index is 9.92. The normalized spacial score (nSPS) is 9.79. The van der Waals surface area contributed by atoms with Gasteiger partial charge in [0, 0.05) is 14.2 Å². The third-order valence-electron chi connectivity index (χ3n) is 1.79. The topological polar surface area (TPSA) is 35.5 Å². The Hall–Kier alpha value is 0.150. The summed E-state index contributed by atoms with van der Waals surface area (Å²) >= 11 is 0. The van der Waals surface area contributed by atoms with Gasteiger partial charge in [0.1, 0.15) is 0 Å². The van der Waals surface area contributed by atoms with E-state index in [0.29, 0.717) is 0 Å². The summed E-state index contributed by atoms with van der Waals surface area (Å²) in [7, 11) is 0.558. The molecule has 0 amide bonds. The van der Waals surface area contributed by atoms with Crippen LogP contribution in [0.1, 0.15) is 52.4 Å². The molecule has 0 aliphatic rings. The van der Waals surface area contributed by atoms with Crippen molar-refractivity contribution in [2.75, 3.05) is 14.2 Å². The minimum absolute atomic E-state index is 1.34. The molecule has 0 aliphatic heterocycles. The van der Waals surface area contributed by atoms with Gasteiger partial charge in [-0.2, -0.15) is 0 Å². The Bertz CT molecular complexity index is 106. The van der Waals surface area contributed by atoms with E-state index in [1.807, 2.05) is 0 Å². The van der Waals surface area contributed by atoms with Crippen molar-refractivity contribution in [3.05, 3.63) is 0 Å². The first-order chi connectivity index (χ1) is 6.72. The molecule has 0 saturated carbocycles. The van der Waals surface area contributed by atoms with Gasteiger partial charge < -0.3 is 9.05 Å². The van der Waals surface area contributed by atoms with Crippen LogP contribution in [0.15, 0.2) is 0 Å². The summed E-state index contributed by atoms with van der Waals surface area (Å²) in [5.41, 5.74) is 0. The lowest BCUT2D eigenvalue weighted by molar-refractivity contribution is 0.302. The standard InChI is InChI=1S/C8H18.C2H7O3P/c1-3-5-7-8-6-4-2;1-4-6(3)5-2/h3-8H2,1-2H3;6H,1-2H3. The lowest BCUT2D eigenvalue weighted by atomic mass is 10.1. The SMILES string of the molecule is CCCCCCCC.CO[PH](=O)OC. The molecular formula is C10H25O3P. The second-order valence-corrected chi connectivity index (χ2v) is 4.39. The first-order valence-electron chi connectivity index (χ1n) is 5.34. The van der Waals surface area contributed by atoms with E-state index in [-0.39, 0.29) is 0 Å². The Balaban J connectivity index is 0. The van der Waals surface area contributed by atoms with Crippen LogP contribution in [0.25, 0.3) is 0 Å². The summed E-state index contributed by atoms with van der Waals surface area (Å²) in [5.74, 6) is 0. The van der Waals surface area contributed by atoms with E-state index in [1.54, 1.807) is 0 Å². The van der Waals surface area contributed by atoms with Crippen LogP contribution in [0.3, 0.4) is 0 Å². The van der Waals surface area contributed by atoms with E-state index in [1.165, 1.54) is 52.7 Å². The van der Waals surface area contributed by atoms with Gasteiger partial charge in [0.15, 0.2) is 0 Å². The monoisotopic (exact) mass is 224 g/mol. The molecule has 88 valence electrons. The molecule has 0 aliphatic carbocycles. The quantitative estimate of drug-likeness (QED) is 0.483. The van der Waals surface area contributed by atoms with Crippen LogP contribution in [0.2, 0.25) is 0 Å². The molecule has 14 heavy (non-hydrogen) atoms. The second kappa shape index (κ2) is 15.6. The molecule has 0 spiro atoms. The molecular weight excluding hydrogens is 199 g/mol. The van der Waals surface area contributed by atoms with E-state index >= 15 is 0 Å². The summed E-state index contributed by atoms with van der Waals surface area (Å²) in [6.07, 6.45) is 8.49. The minimum Gasteiger partial charge on any atom is -0.314 e. The van der Waals surface area contributed by atoms with Gasteiger partial charge in [-0.1, -0.05) is 52.4 Å². The summed E-state index contributed by atoms with van der Waals surface area (Å²) < 4.78 is 18.4. The fourth-order valence-electron chi connectivity index (χ4n) is 0.937. The predicted octanol–water partition coefficient (Wildman–Crippen LogP) is 4.04. The van der Waals surface area contributed by atoms with Gasteiger partial charge in [-0.05, 0) is 0 Å². The summed E-state index contributed by atoms with van der Waals surface area (Å²) in [6.45, 7) is 4.51. The van der Waals surface area contributed by atoms with Crippen molar-refractivity contribution in [2.45, 2.75) is 52.4 Å². The number of unbranched alkanes of at least 4 members (excludes halogenated alkanes) is 5. The van der Waals surface area contributed by atoms with Gasteiger partial charge in [0.2, 0.25) is 0 Å². The molecule has 0 N–H and O–H groups in total. The van der Waals surface area contributed by atoms with E-state index in [2.05, 4.69) is 22.9 Å². The third-order valence-corrected chi connectivity index (χ3v) is 2.46. The first kappa shape index (κ1) is 16.6. The molecule has 0 aromatic heterocycles. The highest BCUT2D eigenvalue weighted by atomic mass is 31.1. The molecule has 0 aromatic carbocycles. The molecule has 0 unspecified atom stereocenters.